The molecule has 0 bridgehead atoms. The summed E-state index contributed by atoms with van der Waals surface area (Å²) in [7, 11) is 0. The van der Waals surface area contributed by atoms with E-state index in [0.717, 1.165) is 35.3 Å². The highest BCUT2D eigenvalue weighted by Gasteiger charge is 2.23. The maximum absolute atomic E-state index is 12.2. The van der Waals surface area contributed by atoms with Crippen molar-refractivity contribution in [3.63, 3.8) is 0 Å². The average Bonchev–Trinajstić information content (AvgIpc) is 2.63. The molecule has 3 nitrogen and oxygen atoms in total. The van der Waals surface area contributed by atoms with Crippen molar-refractivity contribution in [2.75, 3.05) is 0 Å². The van der Waals surface area contributed by atoms with Crippen LogP contribution in [0.4, 0.5) is 0 Å². The van der Waals surface area contributed by atoms with Gasteiger partial charge in [-0.3, -0.25) is 9.36 Å². The molecule has 0 spiro atoms. The molecule has 0 amide bonds. The number of hydrogen-bond acceptors (Lipinski definition) is 2. The lowest BCUT2D eigenvalue weighted by molar-refractivity contribution is 0.719. The minimum Gasteiger partial charge on any atom is -0.295 e. The molecule has 1 aromatic carbocycles. The van der Waals surface area contributed by atoms with Gasteiger partial charge in [0.2, 0.25) is 0 Å². The van der Waals surface area contributed by atoms with Gasteiger partial charge in [0.25, 0.3) is 5.56 Å². The summed E-state index contributed by atoms with van der Waals surface area (Å²) in [6.45, 7) is 2.75. The van der Waals surface area contributed by atoms with Crippen LogP contribution in [0.15, 0.2) is 23.0 Å². The number of rotatable bonds is 0. The molecule has 0 fully saturated rings. The number of hydrogen-bond donors (Lipinski definition) is 0. The lowest BCUT2D eigenvalue weighted by Crippen LogP contribution is -2.21. The van der Waals surface area contributed by atoms with Gasteiger partial charge in [0.1, 0.15) is 5.82 Å². The molecule has 82 valence electrons. The third kappa shape index (κ3) is 1.33. The van der Waals surface area contributed by atoms with Gasteiger partial charge in [-0.05, 0) is 25.5 Å². The third-order valence-electron chi connectivity index (χ3n) is 3.03. The van der Waals surface area contributed by atoms with Crippen molar-refractivity contribution in [1.29, 1.82) is 0 Å². The summed E-state index contributed by atoms with van der Waals surface area (Å²) in [5, 5.41) is 0.727. The number of alkyl halides is 1. The highest BCUT2D eigenvalue weighted by molar-refractivity contribution is 9.09. The lowest BCUT2D eigenvalue weighted by Gasteiger charge is -2.06. The first kappa shape index (κ1) is 10.0. The number of benzene rings is 1. The molecular weight excluding hydrogens is 268 g/mol. The maximum Gasteiger partial charge on any atom is 0.261 e. The largest absolute Gasteiger partial charge is 0.295 e. The van der Waals surface area contributed by atoms with Gasteiger partial charge < -0.3 is 0 Å². The minimum absolute atomic E-state index is 0.0886. The monoisotopic (exact) mass is 278 g/mol. The molecule has 3 rings (SSSR count). The van der Waals surface area contributed by atoms with E-state index in [0.29, 0.717) is 0 Å². The lowest BCUT2D eigenvalue weighted by atomic mass is 10.2. The number of aromatic nitrogens is 2. The van der Waals surface area contributed by atoms with E-state index in [2.05, 4.69) is 20.9 Å². The van der Waals surface area contributed by atoms with E-state index in [9.17, 15) is 4.79 Å². The van der Waals surface area contributed by atoms with E-state index in [-0.39, 0.29) is 10.4 Å². The molecule has 0 N–H and O–H groups in total. The predicted molar refractivity (Wildman–Crippen MR) is 67.0 cm³/mol. The number of fused-ring (bicyclic) bond motifs is 2. The van der Waals surface area contributed by atoms with Crippen molar-refractivity contribution in [3.8, 4) is 0 Å². The van der Waals surface area contributed by atoms with Crippen LogP contribution in [0.2, 0.25) is 0 Å². The van der Waals surface area contributed by atoms with Crippen molar-refractivity contribution in [2.24, 2.45) is 0 Å². The Balaban J connectivity index is 2.44. The quantitative estimate of drug-likeness (QED) is 0.695. The first-order valence-electron chi connectivity index (χ1n) is 5.32. The van der Waals surface area contributed by atoms with Crippen molar-refractivity contribution in [3.05, 3.63) is 39.9 Å². The fraction of sp³-hybridized carbons (Fsp3) is 0.333. The number of nitrogens with zero attached hydrogens (tertiary/aromatic N) is 2. The normalized spacial score (nSPS) is 19.0. The molecule has 1 aliphatic heterocycles. The van der Waals surface area contributed by atoms with Crippen LogP contribution in [0.3, 0.4) is 0 Å². The highest BCUT2D eigenvalue weighted by atomic mass is 79.9. The van der Waals surface area contributed by atoms with Crippen LogP contribution in [0.5, 0.6) is 0 Å². The van der Waals surface area contributed by atoms with Gasteiger partial charge in [-0.25, -0.2) is 4.98 Å². The molecule has 4 heteroatoms. The third-order valence-corrected chi connectivity index (χ3v) is 3.89. The summed E-state index contributed by atoms with van der Waals surface area (Å²) >= 11 is 3.55. The van der Waals surface area contributed by atoms with Gasteiger partial charge in [0, 0.05) is 6.54 Å². The molecule has 1 atom stereocenters. The van der Waals surface area contributed by atoms with Crippen LogP contribution in [-0.4, -0.2) is 9.55 Å². The van der Waals surface area contributed by atoms with Crippen LogP contribution in [-0.2, 0) is 6.54 Å². The first-order valence-corrected chi connectivity index (χ1v) is 6.23. The van der Waals surface area contributed by atoms with Crippen molar-refractivity contribution in [1.82, 2.24) is 9.55 Å². The molecule has 0 saturated heterocycles. The standard InChI is InChI=1S/C12H11BrN2O/c1-7-2-3-10-8(6-7)12(16)15-5-4-9(13)11(15)14-10/h2-3,6,9H,4-5H2,1H3/t9-/m1/s1. The Morgan fingerprint density at radius 1 is 1.50 bits per heavy atom. The van der Waals surface area contributed by atoms with Gasteiger partial charge >= 0.3 is 0 Å². The van der Waals surface area contributed by atoms with E-state index < -0.39 is 0 Å². The molecule has 2 heterocycles. The summed E-state index contributed by atoms with van der Waals surface area (Å²) in [5.74, 6) is 0.862. The van der Waals surface area contributed by atoms with Gasteiger partial charge in [0.15, 0.2) is 0 Å². The predicted octanol–water partition coefficient (Wildman–Crippen LogP) is 2.54. The molecule has 16 heavy (non-hydrogen) atoms. The van der Waals surface area contributed by atoms with Crippen LogP contribution < -0.4 is 5.56 Å². The van der Waals surface area contributed by atoms with E-state index >= 15 is 0 Å². The van der Waals surface area contributed by atoms with Gasteiger partial charge in [-0.15, -0.1) is 0 Å². The summed E-state index contributed by atoms with van der Waals surface area (Å²) in [6.07, 6.45) is 0.942. The summed E-state index contributed by atoms with van der Waals surface area (Å²) < 4.78 is 1.78. The molecule has 0 radical (unpaired) electrons. The summed E-state index contributed by atoms with van der Waals surface area (Å²) in [5.41, 5.74) is 1.99. The molecule has 1 aromatic heterocycles. The van der Waals surface area contributed by atoms with Crippen LogP contribution >= 0.6 is 15.9 Å². The zero-order valence-electron chi connectivity index (χ0n) is 8.90. The van der Waals surface area contributed by atoms with Crippen molar-refractivity contribution >= 4 is 26.8 Å². The smallest absolute Gasteiger partial charge is 0.261 e. The van der Waals surface area contributed by atoms with Crippen LogP contribution in [0, 0.1) is 6.92 Å². The SMILES string of the molecule is Cc1ccc2nc3n(c(=O)c2c1)CC[C@H]3Br. The zero-order chi connectivity index (χ0) is 11.3. The fourth-order valence-corrected chi connectivity index (χ4v) is 2.73. The number of aryl methyl sites for hydroxylation is 1. The Hall–Kier alpha value is -1.16. The van der Waals surface area contributed by atoms with E-state index in [1.165, 1.54) is 0 Å². The van der Waals surface area contributed by atoms with Crippen molar-refractivity contribution in [2.45, 2.75) is 24.7 Å². The molecule has 2 aromatic rings. The topological polar surface area (TPSA) is 34.9 Å². The second-order valence-electron chi connectivity index (χ2n) is 4.20. The second-order valence-corrected chi connectivity index (χ2v) is 5.31. The van der Waals surface area contributed by atoms with E-state index in [1.807, 2.05) is 25.1 Å². The van der Waals surface area contributed by atoms with Crippen LogP contribution in [0.25, 0.3) is 10.9 Å². The van der Waals surface area contributed by atoms with Gasteiger partial charge in [0.05, 0.1) is 15.7 Å². The molecule has 0 unspecified atom stereocenters. The molecule has 0 aliphatic carbocycles. The minimum atomic E-state index is 0.0886. The zero-order valence-corrected chi connectivity index (χ0v) is 10.5. The number of halogens is 1. The second kappa shape index (κ2) is 3.42. The Morgan fingerprint density at radius 2 is 2.31 bits per heavy atom. The molecule has 0 saturated carbocycles. The Kier molecular flexibility index (Phi) is 2.14. The Morgan fingerprint density at radius 3 is 3.12 bits per heavy atom. The maximum atomic E-state index is 12.2. The molecular formula is C12H11BrN2O. The summed E-state index contributed by atoms with van der Waals surface area (Å²) in [6, 6.07) is 5.83. The molecule has 1 aliphatic rings. The van der Waals surface area contributed by atoms with Gasteiger partial charge in [-0.2, -0.15) is 0 Å². The Bertz CT molecular complexity index is 633. The van der Waals surface area contributed by atoms with Crippen LogP contribution in [0.1, 0.15) is 22.6 Å². The Labute approximate surface area is 101 Å². The first-order chi connectivity index (χ1) is 7.66. The van der Waals surface area contributed by atoms with E-state index in [1.54, 1.807) is 4.57 Å². The van der Waals surface area contributed by atoms with Crippen molar-refractivity contribution < 1.29 is 0 Å². The highest BCUT2D eigenvalue weighted by Crippen LogP contribution is 2.31. The summed E-state index contributed by atoms with van der Waals surface area (Å²) in [4.78, 5) is 17.0. The fourth-order valence-electron chi connectivity index (χ4n) is 2.18. The van der Waals surface area contributed by atoms with E-state index in [4.69, 9.17) is 0 Å². The average molecular weight is 279 g/mol. The van der Waals surface area contributed by atoms with Gasteiger partial charge in [-0.1, -0.05) is 27.6 Å².